The predicted octanol–water partition coefficient (Wildman–Crippen LogP) is 4.73. The lowest BCUT2D eigenvalue weighted by Gasteiger charge is -2.12. The van der Waals surface area contributed by atoms with Crippen molar-refractivity contribution in [2.45, 2.75) is 11.9 Å². The van der Waals surface area contributed by atoms with E-state index in [4.69, 9.17) is 24.1 Å². The van der Waals surface area contributed by atoms with Crippen LogP contribution < -0.4 is 9.47 Å². The number of halogens is 1. The van der Waals surface area contributed by atoms with Gasteiger partial charge < -0.3 is 28.8 Å². The third kappa shape index (κ3) is 10.8. The molecule has 0 unspecified atom stereocenters. The molecule has 0 amide bonds. The lowest BCUT2D eigenvalue weighted by atomic mass is 10.1. The average molecular weight is 553 g/mol. The summed E-state index contributed by atoms with van der Waals surface area (Å²) in [5.41, 5.74) is 2.48. The topological polar surface area (TPSA) is 101 Å². The number of hydrogen-bond donors (Lipinski definition) is 1. The molecule has 0 aliphatic heterocycles. The second-order valence-corrected chi connectivity index (χ2v) is 6.93. The number of benzene rings is 2. The summed E-state index contributed by atoms with van der Waals surface area (Å²) in [6.45, 7) is 7.57. The third-order valence-corrected chi connectivity index (χ3v) is 4.82. The van der Waals surface area contributed by atoms with Gasteiger partial charge in [-0.05, 0) is 24.3 Å². The molecule has 2 rings (SSSR count). The van der Waals surface area contributed by atoms with Crippen LogP contribution in [0.4, 0.5) is 0 Å². The molecule has 9 heteroatoms. The van der Waals surface area contributed by atoms with Crippen LogP contribution in [0.1, 0.15) is 31.8 Å². The molecule has 0 aromatic heterocycles. The minimum Gasteiger partial charge on any atom is -0.496 e. The summed E-state index contributed by atoms with van der Waals surface area (Å²) in [5.74, 6) is 0.543. The second-order valence-electron chi connectivity index (χ2n) is 6.36. The lowest BCUT2D eigenvalue weighted by Crippen LogP contribution is -2.08. The van der Waals surface area contributed by atoms with E-state index in [1.165, 1.54) is 20.3 Å². The molecule has 2 aromatic rings. The molecular formula is C26H33BrO8. The van der Waals surface area contributed by atoms with Crippen LogP contribution in [0, 0.1) is 0 Å². The van der Waals surface area contributed by atoms with Crippen molar-refractivity contribution in [3.05, 3.63) is 84.0 Å². The van der Waals surface area contributed by atoms with E-state index in [1.807, 2.05) is 6.07 Å². The molecule has 0 heterocycles. The highest BCUT2D eigenvalue weighted by molar-refractivity contribution is 9.08. The Morgan fingerprint density at radius 1 is 0.857 bits per heavy atom. The SMILES string of the molecule is C=CCO.C=CCOCc1c(OC)cccc1C(=O)OC.COC(=O)c1cccc(OC)c1CBr. The molecule has 1 N–H and O–H groups in total. The summed E-state index contributed by atoms with van der Waals surface area (Å²) in [5, 5.41) is 8.31. The van der Waals surface area contributed by atoms with Crippen molar-refractivity contribution in [1.29, 1.82) is 0 Å². The van der Waals surface area contributed by atoms with Crippen molar-refractivity contribution in [3.8, 4) is 11.5 Å². The summed E-state index contributed by atoms with van der Waals surface area (Å²) in [7, 11) is 5.83. The van der Waals surface area contributed by atoms with Gasteiger partial charge in [-0.1, -0.05) is 40.2 Å². The Morgan fingerprint density at radius 2 is 1.31 bits per heavy atom. The number of carbonyl (C=O) groups is 2. The Morgan fingerprint density at radius 3 is 1.69 bits per heavy atom. The fourth-order valence-electron chi connectivity index (χ4n) is 2.65. The van der Waals surface area contributed by atoms with Gasteiger partial charge in [0.15, 0.2) is 0 Å². The molecule has 0 saturated heterocycles. The Kier molecular flexibility index (Phi) is 17.5. The van der Waals surface area contributed by atoms with Crippen molar-refractivity contribution in [1.82, 2.24) is 0 Å². The molecule has 2 aromatic carbocycles. The fraction of sp³-hybridized carbons (Fsp3) is 0.308. The molecule has 0 atom stereocenters. The summed E-state index contributed by atoms with van der Waals surface area (Å²) in [6.07, 6.45) is 3.08. The van der Waals surface area contributed by atoms with E-state index in [-0.39, 0.29) is 19.2 Å². The monoisotopic (exact) mass is 552 g/mol. The van der Waals surface area contributed by atoms with Gasteiger partial charge in [0.2, 0.25) is 0 Å². The summed E-state index contributed by atoms with van der Waals surface area (Å²) in [6, 6.07) is 10.5. The number of methoxy groups -OCH3 is 4. The van der Waals surface area contributed by atoms with E-state index in [9.17, 15) is 9.59 Å². The highest BCUT2D eigenvalue weighted by Crippen LogP contribution is 2.25. The predicted molar refractivity (Wildman–Crippen MR) is 138 cm³/mol. The molecule has 0 aliphatic rings. The Hall–Kier alpha value is -3.14. The highest BCUT2D eigenvalue weighted by Gasteiger charge is 2.16. The van der Waals surface area contributed by atoms with Crippen LogP contribution in [0.25, 0.3) is 0 Å². The van der Waals surface area contributed by atoms with Gasteiger partial charge in [-0.15, -0.1) is 13.2 Å². The summed E-state index contributed by atoms with van der Waals surface area (Å²) in [4.78, 5) is 22.9. The standard InChI is InChI=1S/C13H16O4.C10H11BrO3.C3H6O/c1-4-8-17-9-11-10(13(14)16-3)6-5-7-12(11)15-2;1-13-9-5-3-4-7(8(9)6-11)10(12)14-2;1-2-3-4/h4-7H,1,8-9H2,2-3H3;3-5H,6H2,1-2H3;2,4H,1,3H2. The Balaban J connectivity index is 0.000000581. The zero-order valence-corrected chi connectivity index (χ0v) is 22.1. The smallest absolute Gasteiger partial charge is 0.338 e. The Labute approximate surface area is 215 Å². The number of carbonyl (C=O) groups excluding carboxylic acids is 2. The largest absolute Gasteiger partial charge is 0.496 e. The summed E-state index contributed by atoms with van der Waals surface area (Å²) < 4.78 is 25.0. The van der Waals surface area contributed by atoms with E-state index in [1.54, 1.807) is 50.6 Å². The van der Waals surface area contributed by atoms with Crippen LogP contribution in [-0.4, -0.2) is 58.7 Å². The number of aliphatic hydroxyl groups excluding tert-OH is 1. The van der Waals surface area contributed by atoms with Gasteiger partial charge in [-0.25, -0.2) is 9.59 Å². The van der Waals surface area contributed by atoms with Crippen LogP contribution in [0.15, 0.2) is 61.7 Å². The van der Waals surface area contributed by atoms with Crippen molar-refractivity contribution in [2.24, 2.45) is 0 Å². The molecule has 0 bridgehead atoms. The van der Waals surface area contributed by atoms with E-state index in [0.717, 1.165) is 5.56 Å². The van der Waals surface area contributed by atoms with Gasteiger partial charge >= 0.3 is 11.9 Å². The van der Waals surface area contributed by atoms with E-state index in [2.05, 4.69) is 33.8 Å². The van der Waals surface area contributed by atoms with Crippen LogP contribution in [0.2, 0.25) is 0 Å². The highest BCUT2D eigenvalue weighted by atomic mass is 79.9. The van der Waals surface area contributed by atoms with Gasteiger partial charge in [0.1, 0.15) is 11.5 Å². The molecule has 0 saturated carbocycles. The van der Waals surface area contributed by atoms with Gasteiger partial charge in [-0.3, -0.25) is 0 Å². The van der Waals surface area contributed by atoms with Crippen LogP contribution in [-0.2, 0) is 26.1 Å². The van der Waals surface area contributed by atoms with Gasteiger partial charge in [0.25, 0.3) is 0 Å². The minimum absolute atomic E-state index is 0.0833. The average Bonchev–Trinajstić information content (AvgIpc) is 2.92. The third-order valence-electron chi connectivity index (χ3n) is 4.26. The number of ether oxygens (including phenoxy) is 5. The van der Waals surface area contributed by atoms with Crippen molar-refractivity contribution < 1.29 is 38.4 Å². The first-order valence-electron chi connectivity index (χ1n) is 10.3. The van der Waals surface area contributed by atoms with E-state index >= 15 is 0 Å². The Bertz CT molecular complexity index is 943. The minimum atomic E-state index is -0.402. The maximum absolute atomic E-state index is 11.6. The normalized spacial score (nSPS) is 9.31. The molecule has 35 heavy (non-hydrogen) atoms. The quantitative estimate of drug-likeness (QED) is 0.195. The first-order chi connectivity index (χ1) is 16.9. The van der Waals surface area contributed by atoms with Crippen LogP contribution in [0.3, 0.4) is 0 Å². The maximum Gasteiger partial charge on any atom is 0.338 e. The summed E-state index contributed by atoms with van der Waals surface area (Å²) >= 11 is 3.31. The van der Waals surface area contributed by atoms with Crippen LogP contribution in [0.5, 0.6) is 11.5 Å². The molecule has 0 radical (unpaired) electrons. The van der Waals surface area contributed by atoms with E-state index < -0.39 is 5.97 Å². The first-order valence-corrected chi connectivity index (χ1v) is 11.5. The number of esters is 2. The van der Waals surface area contributed by atoms with Gasteiger partial charge in [0.05, 0.1) is 59.4 Å². The zero-order valence-electron chi connectivity index (χ0n) is 20.5. The second kappa shape index (κ2) is 19.2. The van der Waals surface area contributed by atoms with Crippen molar-refractivity contribution in [2.75, 3.05) is 41.7 Å². The zero-order chi connectivity index (χ0) is 26.6. The van der Waals surface area contributed by atoms with Gasteiger partial charge in [0, 0.05) is 16.5 Å². The molecule has 192 valence electrons. The van der Waals surface area contributed by atoms with Crippen molar-refractivity contribution in [3.63, 3.8) is 0 Å². The maximum atomic E-state index is 11.6. The number of aliphatic hydroxyl groups is 1. The van der Waals surface area contributed by atoms with Crippen molar-refractivity contribution >= 4 is 27.9 Å². The molecule has 0 fully saturated rings. The fourth-order valence-corrected chi connectivity index (χ4v) is 3.23. The number of rotatable bonds is 10. The molecular weight excluding hydrogens is 520 g/mol. The first kappa shape index (κ1) is 31.9. The lowest BCUT2D eigenvalue weighted by molar-refractivity contribution is 0.0587. The van der Waals surface area contributed by atoms with Gasteiger partial charge in [-0.2, -0.15) is 0 Å². The van der Waals surface area contributed by atoms with E-state index in [0.29, 0.717) is 40.1 Å². The molecule has 0 spiro atoms. The molecule has 8 nitrogen and oxygen atoms in total. The number of alkyl halides is 1. The van der Waals surface area contributed by atoms with Crippen LogP contribution >= 0.6 is 15.9 Å². The number of hydrogen-bond acceptors (Lipinski definition) is 8. The molecule has 0 aliphatic carbocycles.